The summed E-state index contributed by atoms with van der Waals surface area (Å²) < 4.78 is 13.2. The maximum atomic E-state index is 13.2. The minimum Gasteiger partial charge on any atom is -0.329 e. The number of pyridine rings is 1. The molecule has 0 aliphatic carbocycles. The summed E-state index contributed by atoms with van der Waals surface area (Å²) in [6, 6.07) is 10.1. The van der Waals surface area contributed by atoms with Crippen LogP contribution in [0.3, 0.4) is 0 Å². The summed E-state index contributed by atoms with van der Waals surface area (Å²) in [7, 11) is 1.85. The third-order valence-corrected chi connectivity index (χ3v) is 2.82. The van der Waals surface area contributed by atoms with Crippen LogP contribution in [0.4, 0.5) is 15.9 Å². The quantitative estimate of drug-likeness (QED) is 0.903. The van der Waals surface area contributed by atoms with Gasteiger partial charge in [-0.3, -0.25) is 0 Å². The number of hydrogen-bond acceptors (Lipinski definition) is 3. The molecule has 2 aromatic rings. The predicted octanol–water partition coefficient (Wildman–Crippen LogP) is 3.01. The molecule has 0 unspecified atom stereocenters. The number of nitrogens with two attached hydrogens (primary N) is 1. The number of rotatable bonds is 3. The van der Waals surface area contributed by atoms with Gasteiger partial charge >= 0.3 is 0 Å². The zero-order valence-electron chi connectivity index (χ0n) is 10.5. The van der Waals surface area contributed by atoms with Crippen LogP contribution in [0.1, 0.15) is 18.5 Å². The van der Waals surface area contributed by atoms with Crippen LogP contribution in [-0.2, 0) is 0 Å². The van der Waals surface area contributed by atoms with Crippen LogP contribution in [0.15, 0.2) is 42.6 Å². The van der Waals surface area contributed by atoms with Crippen LogP contribution in [0.5, 0.6) is 0 Å². The standard InChI is InChI=1S/C14H16FN3/c1-10(16)13-7-4-8-17-14(13)18(2)12-6-3-5-11(15)9-12/h3-10H,16H2,1-2H3/t10-/m1/s1. The summed E-state index contributed by atoms with van der Waals surface area (Å²) in [6.07, 6.45) is 1.71. The average Bonchev–Trinajstić information content (AvgIpc) is 2.38. The molecule has 2 N–H and O–H groups in total. The van der Waals surface area contributed by atoms with Gasteiger partial charge in [0.1, 0.15) is 11.6 Å². The Balaban J connectivity index is 2.43. The van der Waals surface area contributed by atoms with Gasteiger partial charge in [0.25, 0.3) is 0 Å². The summed E-state index contributed by atoms with van der Waals surface area (Å²) in [5.41, 5.74) is 7.60. The molecule has 0 spiro atoms. The lowest BCUT2D eigenvalue weighted by Crippen LogP contribution is -2.17. The fourth-order valence-corrected chi connectivity index (χ4v) is 1.85. The lowest BCUT2D eigenvalue weighted by Gasteiger charge is -2.22. The first-order chi connectivity index (χ1) is 8.59. The Morgan fingerprint density at radius 3 is 2.72 bits per heavy atom. The Hall–Kier alpha value is -1.94. The van der Waals surface area contributed by atoms with E-state index in [4.69, 9.17) is 5.73 Å². The fourth-order valence-electron chi connectivity index (χ4n) is 1.85. The van der Waals surface area contributed by atoms with Gasteiger partial charge in [-0.1, -0.05) is 12.1 Å². The van der Waals surface area contributed by atoms with Crippen molar-refractivity contribution >= 4 is 11.5 Å². The van der Waals surface area contributed by atoms with Crippen LogP contribution in [-0.4, -0.2) is 12.0 Å². The number of anilines is 2. The molecule has 0 aliphatic heterocycles. The lowest BCUT2D eigenvalue weighted by atomic mass is 10.1. The first-order valence-corrected chi connectivity index (χ1v) is 5.79. The number of benzene rings is 1. The highest BCUT2D eigenvalue weighted by Gasteiger charge is 2.13. The minimum atomic E-state index is -0.266. The van der Waals surface area contributed by atoms with Crippen molar-refractivity contribution < 1.29 is 4.39 Å². The van der Waals surface area contributed by atoms with Gasteiger partial charge in [-0.2, -0.15) is 0 Å². The molecular formula is C14H16FN3. The molecule has 0 bridgehead atoms. The first-order valence-electron chi connectivity index (χ1n) is 5.79. The zero-order chi connectivity index (χ0) is 13.1. The third-order valence-electron chi connectivity index (χ3n) is 2.82. The van der Waals surface area contributed by atoms with E-state index in [1.54, 1.807) is 12.3 Å². The zero-order valence-corrected chi connectivity index (χ0v) is 10.5. The highest BCUT2D eigenvalue weighted by molar-refractivity contribution is 5.62. The van der Waals surface area contributed by atoms with Crippen molar-refractivity contribution in [2.75, 3.05) is 11.9 Å². The van der Waals surface area contributed by atoms with Crippen molar-refractivity contribution in [2.45, 2.75) is 13.0 Å². The van der Waals surface area contributed by atoms with E-state index < -0.39 is 0 Å². The summed E-state index contributed by atoms with van der Waals surface area (Å²) in [6.45, 7) is 1.90. The number of aromatic nitrogens is 1. The molecule has 18 heavy (non-hydrogen) atoms. The molecule has 0 fully saturated rings. The Morgan fingerprint density at radius 1 is 1.28 bits per heavy atom. The van der Waals surface area contributed by atoms with Crippen molar-refractivity contribution in [2.24, 2.45) is 5.73 Å². The van der Waals surface area contributed by atoms with Gasteiger partial charge in [0, 0.05) is 30.5 Å². The maximum Gasteiger partial charge on any atom is 0.137 e. The Bertz CT molecular complexity index is 540. The molecule has 0 radical (unpaired) electrons. The predicted molar refractivity (Wildman–Crippen MR) is 71.3 cm³/mol. The minimum absolute atomic E-state index is 0.121. The molecule has 0 amide bonds. The molecule has 2 rings (SSSR count). The van der Waals surface area contributed by atoms with Crippen molar-refractivity contribution in [1.29, 1.82) is 0 Å². The van der Waals surface area contributed by atoms with Gasteiger partial charge in [-0.05, 0) is 31.2 Å². The monoisotopic (exact) mass is 245 g/mol. The number of hydrogen-bond donors (Lipinski definition) is 1. The van der Waals surface area contributed by atoms with E-state index in [-0.39, 0.29) is 11.9 Å². The normalized spacial score (nSPS) is 12.2. The average molecular weight is 245 g/mol. The van der Waals surface area contributed by atoms with E-state index in [0.29, 0.717) is 0 Å². The molecule has 0 saturated carbocycles. The second-order valence-electron chi connectivity index (χ2n) is 4.24. The summed E-state index contributed by atoms with van der Waals surface area (Å²) in [5.74, 6) is 0.482. The fraction of sp³-hybridized carbons (Fsp3) is 0.214. The smallest absolute Gasteiger partial charge is 0.137 e. The number of nitrogens with zero attached hydrogens (tertiary/aromatic N) is 2. The Kier molecular flexibility index (Phi) is 3.58. The summed E-state index contributed by atoms with van der Waals surface area (Å²) >= 11 is 0. The number of halogens is 1. The molecule has 1 aromatic carbocycles. The van der Waals surface area contributed by atoms with Gasteiger partial charge in [-0.25, -0.2) is 9.37 Å². The second kappa shape index (κ2) is 5.14. The van der Waals surface area contributed by atoms with Crippen molar-refractivity contribution in [3.05, 3.63) is 54.0 Å². The van der Waals surface area contributed by atoms with Gasteiger partial charge in [0.05, 0.1) is 0 Å². The molecule has 0 saturated heterocycles. The van der Waals surface area contributed by atoms with E-state index >= 15 is 0 Å². The largest absolute Gasteiger partial charge is 0.329 e. The van der Waals surface area contributed by atoms with Crippen LogP contribution >= 0.6 is 0 Å². The highest BCUT2D eigenvalue weighted by atomic mass is 19.1. The van der Waals surface area contributed by atoms with Crippen molar-refractivity contribution in [1.82, 2.24) is 4.98 Å². The molecule has 1 aromatic heterocycles. The van der Waals surface area contributed by atoms with Crippen LogP contribution in [0.2, 0.25) is 0 Å². The van der Waals surface area contributed by atoms with E-state index in [0.717, 1.165) is 17.1 Å². The van der Waals surface area contributed by atoms with Crippen LogP contribution < -0.4 is 10.6 Å². The molecule has 3 nitrogen and oxygen atoms in total. The van der Waals surface area contributed by atoms with Crippen LogP contribution in [0.25, 0.3) is 0 Å². The van der Waals surface area contributed by atoms with E-state index in [1.165, 1.54) is 12.1 Å². The molecule has 0 aliphatic rings. The van der Waals surface area contributed by atoms with E-state index in [1.807, 2.05) is 37.1 Å². The molecule has 1 heterocycles. The van der Waals surface area contributed by atoms with Crippen LogP contribution in [0, 0.1) is 5.82 Å². The topological polar surface area (TPSA) is 42.1 Å². The Morgan fingerprint density at radius 2 is 2.06 bits per heavy atom. The molecule has 4 heteroatoms. The van der Waals surface area contributed by atoms with Gasteiger partial charge in [0.2, 0.25) is 0 Å². The molecule has 1 atom stereocenters. The van der Waals surface area contributed by atoms with Gasteiger partial charge < -0.3 is 10.6 Å². The third kappa shape index (κ3) is 2.49. The summed E-state index contributed by atoms with van der Waals surface area (Å²) in [5, 5.41) is 0. The summed E-state index contributed by atoms with van der Waals surface area (Å²) in [4.78, 5) is 6.16. The van der Waals surface area contributed by atoms with E-state index in [9.17, 15) is 4.39 Å². The van der Waals surface area contributed by atoms with E-state index in [2.05, 4.69) is 4.98 Å². The molecule has 94 valence electrons. The first kappa shape index (κ1) is 12.5. The van der Waals surface area contributed by atoms with Gasteiger partial charge in [-0.15, -0.1) is 0 Å². The second-order valence-corrected chi connectivity index (χ2v) is 4.24. The maximum absolute atomic E-state index is 13.2. The van der Waals surface area contributed by atoms with Crippen molar-refractivity contribution in [3.8, 4) is 0 Å². The highest BCUT2D eigenvalue weighted by Crippen LogP contribution is 2.27. The Labute approximate surface area is 106 Å². The van der Waals surface area contributed by atoms with Crippen molar-refractivity contribution in [3.63, 3.8) is 0 Å². The van der Waals surface area contributed by atoms with Gasteiger partial charge in [0.15, 0.2) is 0 Å². The lowest BCUT2D eigenvalue weighted by molar-refractivity contribution is 0.628. The SMILES string of the molecule is C[C@@H](N)c1cccnc1N(C)c1cccc(F)c1. The molecular weight excluding hydrogens is 229 g/mol.